The summed E-state index contributed by atoms with van der Waals surface area (Å²) in [5, 5.41) is 9.47. The Bertz CT molecular complexity index is 1260. The molecule has 0 N–H and O–H groups in total. The number of hydrogen-bond donors (Lipinski definition) is 0. The smallest absolute Gasteiger partial charge is 0.242 e. The van der Waals surface area contributed by atoms with Gasteiger partial charge in [-0.25, -0.2) is 0 Å². The number of hydrogen-bond acceptors (Lipinski definition) is 6. The van der Waals surface area contributed by atoms with Crippen LogP contribution in [0.5, 0.6) is 5.75 Å². The Kier molecular flexibility index (Phi) is 6.60. The molecule has 1 aliphatic rings. The summed E-state index contributed by atoms with van der Waals surface area (Å²) in [6.07, 6.45) is -0.266. The standard InChI is InChI=1S/C26H24N4O2S2/c1-3-29-25(18(2)32-19-11-5-4-6-12-19)27-28-26(29)33-17-24(31)30-20-13-7-9-15-22(20)34-23-16-10-8-14-21(23)30/h4-16,18H,3,17H2,1-2H3. The largest absolute Gasteiger partial charge is 0.483 e. The van der Waals surface area contributed by atoms with Crippen molar-refractivity contribution < 1.29 is 9.53 Å². The second-order valence-corrected chi connectivity index (χ2v) is 9.74. The van der Waals surface area contributed by atoms with Crippen LogP contribution in [0.1, 0.15) is 25.8 Å². The molecule has 34 heavy (non-hydrogen) atoms. The van der Waals surface area contributed by atoms with Crippen LogP contribution in [0.2, 0.25) is 0 Å². The van der Waals surface area contributed by atoms with E-state index in [9.17, 15) is 4.79 Å². The molecule has 6 nitrogen and oxygen atoms in total. The maximum atomic E-state index is 13.5. The van der Waals surface area contributed by atoms with Crippen molar-refractivity contribution in [1.82, 2.24) is 14.8 Å². The van der Waals surface area contributed by atoms with E-state index in [4.69, 9.17) is 4.74 Å². The lowest BCUT2D eigenvalue weighted by atomic mass is 10.2. The second kappa shape index (κ2) is 9.95. The van der Waals surface area contributed by atoms with Gasteiger partial charge in [-0.05, 0) is 50.2 Å². The molecule has 1 atom stereocenters. The van der Waals surface area contributed by atoms with Crippen LogP contribution in [0, 0.1) is 0 Å². The number of rotatable bonds is 7. The fraction of sp³-hybridized carbons (Fsp3) is 0.192. The summed E-state index contributed by atoms with van der Waals surface area (Å²) in [4.78, 5) is 17.5. The highest BCUT2D eigenvalue weighted by Gasteiger charge is 2.28. The van der Waals surface area contributed by atoms with Crippen LogP contribution in [-0.4, -0.2) is 26.4 Å². The molecule has 3 aromatic carbocycles. The molecule has 1 aliphatic heterocycles. The molecular weight excluding hydrogens is 464 g/mol. The van der Waals surface area contributed by atoms with E-state index < -0.39 is 0 Å². The van der Waals surface area contributed by atoms with Gasteiger partial charge in [-0.15, -0.1) is 10.2 Å². The minimum atomic E-state index is -0.266. The van der Waals surface area contributed by atoms with E-state index in [-0.39, 0.29) is 17.8 Å². The number of anilines is 2. The third-order valence-corrected chi connectivity index (χ3v) is 7.57. The van der Waals surface area contributed by atoms with Gasteiger partial charge in [-0.3, -0.25) is 9.69 Å². The zero-order valence-electron chi connectivity index (χ0n) is 18.9. The first kappa shape index (κ1) is 22.6. The van der Waals surface area contributed by atoms with E-state index in [1.807, 2.05) is 90.0 Å². The monoisotopic (exact) mass is 488 g/mol. The molecule has 0 radical (unpaired) electrons. The van der Waals surface area contributed by atoms with E-state index in [0.29, 0.717) is 11.7 Å². The SMILES string of the molecule is CCn1c(SCC(=O)N2c3ccccc3Sc3ccccc32)nnc1C(C)Oc1ccccc1. The van der Waals surface area contributed by atoms with E-state index >= 15 is 0 Å². The first-order chi connectivity index (χ1) is 16.7. The number of ether oxygens (including phenoxy) is 1. The zero-order chi connectivity index (χ0) is 23.5. The minimum Gasteiger partial charge on any atom is -0.483 e. The molecule has 5 rings (SSSR count). The number of amides is 1. The lowest BCUT2D eigenvalue weighted by molar-refractivity contribution is -0.115. The number of aromatic nitrogens is 3. The van der Waals surface area contributed by atoms with Crippen molar-refractivity contribution >= 4 is 40.8 Å². The highest BCUT2D eigenvalue weighted by atomic mass is 32.2. The third kappa shape index (κ3) is 4.43. The van der Waals surface area contributed by atoms with E-state index in [1.54, 1.807) is 11.8 Å². The van der Waals surface area contributed by atoms with E-state index in [0.717, 1.165) is 32.7 Å². The van der Waals surface area contributed by atoms with Gasteiger partial charge in [0.25, 0.3) is 0 Å². The Morgan fingerprint density at radius 1 is 0.941 bits per heavy atom. The number of carbonyl (C=O) groups is 1. The number of thioether (sulfide) groups is 1. The van der Waals surface area contributed by atoms with Crippen molar-refractivity contribution in [2.24, 2.45) is 0 Å². The molecule has 0 saturated carbocycles. The quantitative estimate of drug-likeness (QED) is 0.282. The van der Waals surface area contributed by atoms with Crippen molar-refractivity contribution in [2.45, 2.75) is 41.4 Å². The molecule has 0 bridgehead atoms. The molecule has 0 fully saturated rings. The molecule has 0 saturated heterocycles. The number of fused-ring (bicyclic) bond motifs is 2. The van der Waals surface area contributed by atoms with Crippen LogP contribution in [0.3, 0.4) is 0 Å². The van der Waals surface area contributed by atoms with Crippen LogP contribution in [-0.2, 0) is 11.3 Å². The van der Waals surface area contributed by atoms with Gasteiger partial charge in [-0.1, -0.05) is 66.0 Å². The van der Waals surface area contributed by atoms with Gasteiger partial charge in [0, 0.05) is 16.3 Å². The molecular formula is C26H24N4O2S2. The van der Waals surface area contributed by atoms with Gasteiger partial charge >= 0.3 is 0 Å². The van der Waals surface area contributed by atoms with Crippen molar-refractivity contribution in [1.29, 1.82) is 0 Å². The van der Waals surface area contributed by atoms with Gasteiger partial charge in [0.1, 0.15) is 5.75 Å². The Morgan fingerprint density at radius 3 is 2.21 bits per heavy atom. The molecule has 0 aliphatic carbocycles. The average molecular weight is 489 g/mol. The van der Waals surface area contributed by atoms with E-state index in [1.165, 1.54) is 11.8 Å². The van der Waals surface area contributed by atoms with Gasteiger partial charge in [0.15, 0.2) is 17.1 Å². The van der Waals surface area contributed by atoms with Crippen molar-refractivity contribution in [3.63, 3.8) is 0 Å². The lowest BCUT2D eigenvalue weighted by Gasteiger charge is -2.30. The summed E-state index contributed by atoms with van der Waals surface area (Å²) in [6.45, 7) is 4.69. The number of benzene rings is 3. The zero-order valence-corrected chi connectivity index (χ0v) is 20.6. The van der Waals surface area contributed by atoms with Gasteiger partial charge in [0.2, 0.25) is 5.91 Å². The molecule has 1 unspecified atom stereocenters. The topological polar surface area (TPSA) is 60.2 Å². The summed E-state index contributed by atoms with van der Waals surface area (Å²) >= 11 is 3.09. The van der Waals surface area contributed by atoms with Crippen LogP contribution in [0.25, 0.3) is 0 Å². The highest BCUT2D eigenvalue weighted by molar-refractivity contribution is 8.00. The summed E-state index contributed by atoms with van der Waals surface area (Å²) in [5.74, 6) is 1.78. The first-order valence-corrected chi connectivity index (χ1v) is 12.9. The molecule has 1 amide bonds. The molecule has 1 aromatic heterocycles. The summed E-state index contributed by atoms with van der Waals surface area (Å²) < 4.78 is 8.06. The summed E-state index contributed by atoms with van der Waals surface area (Å²) in [6, 6.07) is 25.7. The first-order valence-electron chi connectivity index (χ1n) is 11.1. The van der Waals surface area contributed by atoms with Crippen molar-refractivity contribution in [2.75, 3.05) is 10.7 Å². The fourth-order valence-corrected chi connectivity index (χ4v) is 5.84. The summed E-state index contributed by atoms with van der Waals surface area (Å²) in [5.41, 5.74) is 1.83. The number of para-hydroxylation sites is 3. The molecule has 172 valence electrons. The Morgan fingerprint density at radius 2 is 1.56 bits per heavy atom. The lowest BCUT2D eigenvalue weighted by Crippen LogP contribution is -2.30. The highest BCUT2D eigenvalue weighted by Crippen LogP contribution is 2.48. The Hall–Kier alpha value is -3.23. The van der Waals surface area contributed by atoms with Crippen LogP contribution < -0.4 is 9.64 Å². The fourth-order valence-electron chi connectivity index (χ4n) is 3.92. The van der Waals surface area contributed by atoms with Crippen LogP contribution >= 0.6 is 23.5 Å². The predicted molar refractivity (Wildman–Crippen MR) is 136 cm³/mol. The minimum absolute atomic E-state index is 0.00554. The van der Waals surface area contributed by atoms with Gasteiger partial charge < -0.3 is 9.30 Å². The maximum Gasteiger partial charge on any atom is 0.242 e. The van der Waals surface area contributed by atoms with Crippen molar-refractivity contribution in [3.8, 4) is 5.75 Å². The van der Waals surface area contributed by atoms with Gasteiger partial charge in [-0.2, -0.15) is 0 Å². The molecule has 2 heterocycles. The third-order valence-electron chi connectivity index (χ3n) is 5.49. The van der Waals surface area contributed by atoms with Crippen LogP contribution in [0.4, 0.5) is 11.4 Å². The molecule has 4 aromatic rings. The predicted octanol–water partition coefficient (Wildman–Crippen LogP) is 6.36. The Balaban J connectivity index is 1.35. The van der Waals surface area contributed by atoms with Crippen LogP contribution in [0.15, 0.2) is 93.8 Å². The maximum absolute atomic E-state index is 13.5. The van der Waals surface area contributed by atoms with E-state index in [2.05, 4.69) is 22.3 Å². The van der Waals surface area contributed by atoms with Gasteiger partial charge in [0.05, 0.1) is 17.1 Å². The normalized spacial score (nSPS) is 13.2. The number of nitrogens with zero attached hydrogens (tertiary/aromatic N) is 4. The number of carbonyl (C=O) groups excluding carboxylic acids is 1. The second-order valence-electron chi connectivity index (χ2n) is 7.71. The molecule has 0 spiro atoms. The molecule has 8 heteroatoms. The van der Waals surface area contributed by atoms with Crippen molar-refractivity contribution in [3.05, 3.63) is 84.7 Å². The Labute approximate surface area is 207 Å². The average Bonchev–Trinajstić information content (AvgIpc) is 3.29. The summed E-state index contributed by atoms with van der Waals surface area (Å²) in [7, 11) is 0.